The quantitative estimate of drug-likeness (QED) is 0.733. The molecule has 0 N–H and O–H groups in total. The van der Waals surface area contributed by atoms with Gasteiger partial charge in [-0.1, -0.05) is 44.5 Å². The fourth-order valence-electron chi connectivity index (χ4n) is 1.57. The third kappa shape index (κ3) is 2.46. The van der Waals surface area contributed by atoms with E-state index in [1.807, 2.05) is 12.1 Å². The fraction of sp³-hybridized carbons (Fsp3) is 0.538. The summed E-state index contributed by atoms with van der Waals surface area (Å²) in [6.07, 6.45) is 2.72. The molecular weight excluding hydrogens is 208 g/mol. The minimum atomic E-state index is 0.0785. The Morgan fingerprint density at radius 2 is 1.93 bits per heavy atom. The fourth-order valence-corrected chi connectivity index (χ4v) is 1.79. The van der Waals surface area contributed by atoms with E-state index in [0.29, 0.717) is 6.10 Å². The molecule has 0 saturated heterocycles. The lowest BCUT2D eigenvalue weighted by atomic mass is 9.86. The topological polar surface area (TPSA) is 9.23 Å². The SMILES string of the molecule is CC(C)(C)c1cccc(Cl)c1OC1CC1. The average Bonchev–Trinajstić information content (AvgIpc) is 2.90. The first-order chi connectivity index (χ1) is 6.98. The van der Waals surface area contributed by atoms with E-state index in [9.17, 15) is 0 Å². The van der Waals surface area contributed by atoms with Crippen molar-refractivity contribution >= 4 is 11.6 Å². The second-order valence-corrected chi connectivity index (χ2v) is 5.59. The van der Waals surface area contributed by atoms with Crippen molar-refractivity contribution in [2.24, 2.45) is 0 Å². The Hall–Kier alpha value is -0.690. The van der Waals surface area contributed by atoms with Crippen LogP contribution in [0.5, 0.6) is 5.75 Å². The summed E-state index contributed by atoms with van der Waals surface area (Å²) in [5, 5.41) is 0.731. The summed E-state index contributed by atoms with van der Waals surface area (Å²) in [5.74, 6) is 0.883. The molecule has 0 aromatic heterocycles. The van der Waals surface area contributed by atoms with Gasteiger partial charge in [0.1, 0.15) is 5.75 Å². The zero-order chi connectivity index (χ0) is 11.1. The maximum atomic E-state index is 6.18. The largest absolute Gasteiger partial charge is 0.489 e. The highest BCUT2D eigenvalue weighted by atomic mass is 35.5. The molecule has 0 amide bonds. The van der Waals surface area contributed by atoms with E-state index < -0.39 is 0 Å². The molecule has 1 aliphatic carbocycles. The van der Waals surface area contributed by atoms with Crippen LogP contribution < -0.4 is 4.74 Å². The molecule has 0 aliphatic heterocycles. The predicted molar refractivity (Wildman–Crippen MR) is 63.8 cm³/mol. The molecule has 0 spiro atoms. The Morgan fingerprint density at radius 1 is 1.27 bits per heavy atom. The second kappa shape index (κ2) is 3.71. The van der Waals surface area contributed by atoms with Crippen LogP contribution in [-0.2, 0) is 5.41 Å². The molecule has 0 bridgehead atoms. The number of halogens is 1. The Kier molecular flexibility index (Phi) is 2.68. The first-order valence-electron chi connectivity index (χ1n) is 5.44. The number of ether oxygens (including phenoxy) is 1. The van der Waals surface area contributed by atoms with Crippen molar-refractivity contribution in [3.8, 4) is 5.75 Å². The lowest BCUT2D eigenvalue weighted by molar-refractivity contribution is 0.295. The van der Waals surface area contributed by atoms with Gasteiger partial charge in [-0.25, -0.2) is 0 Å². The van der Waals surface area contributed by atoms with Gasteiger partial charge in [0.2, 0.25) is 0 Å². The van der Waals surface area contributed by atoms with Gasteiger partial charge in [0.25, 0.3) is 0 Å². The molecule has 0 heterocycles. The van der Waals surface area contributed by atoms with Gasteiger partial charge >= 0.3 is 0 Å². The highest BCUT2D eigenvalue weighted by Crippen LogP contribution is 2.39. The van der Waals surface area contributed by atoms with Crippen LogP contribution in [0.1, 0.15) is 39.2 Å². The molecule has 1 aromatic rings. The molecule has 1 nitrogen and oxygen atoms in total. The maximum absolute atomic E-state index is 6.18. The lowest BCUT2D eigenvalue weighted by Gasteiger charge is -2.23. The van der Waals surface area contributed by atoms with Crippen molar-refractivity contribution in [1.82, 2.24) is 0 Å². The Balaban J connectivity index is 2.38. The first-order valence-corrected chi connectivity index (χ1v) is 5.82. The van der Waals surface area contributed by atoms with E-state index >= 15 is 0 Å². The van der Waals surface area contributed by atoms with Crippen molar-refractivity contribution in [3.05, 3.63) is 28.8 Å². The molecule has 1 aliphatic rings. The molecule has 1 aromatic carbocycles. The number of hydrogen-bond donors (Lipinski definition) is 0. The van der Waals surface area contributed by atoms with E-state index in [-0.39, 0.29) is 5.41 Å². The normalized spacial score (nSPS) is 16.5. The lowest BCUT2D eigenvalue weighted by Crippen LogP contribution is -2.14. The van der Waals surface area contributed by atoms with Crippen LogP contribution in [0.25, 0.3) is 0 Å². The summed E-state index contributed by atoms with van der Waals surface area (Å²) in [6, 6.07) is 5.99. The predicted octanol–water partition coefficient (Wildman–Crippen LogP) is 4.18. The van der Waals surface area contributed by atoms with Gasteiger partial charge in [-0.3, -0.25) is 0 Å². The molecule has 0 unspecified atom stereocenters. The standard InChI is InChI=1S/C13H17ClO/c1-13(2,3)10-5-4-6-11(14)12(10)15-9-7-8-9/h4-6,9H,7-8H2,1-3H3. The van der Waals surface area contributed by atoms with Gasteiger partial charge < -0.3 is 4.74 Å². The van der Waals surface area contributed by atoms with Gasteiger partial charge in [-0.05, 0) is 24.3 Å². The summed E-state index contributed by atoms with van der Waals surface area (Å²) in [6.45, 7) is 6.54. The minimum Gasteiger partial charge on any atom is -0.489 e. The summed E-state index contributed by atoms with van der Waals surface area (Å²) < 4.78 is 5.88. The molecule has 0 radical (unpaired) electrons. The van der Waals surface area contributed by atoms with Gasteiger partial charge in [0, 0.05) is 5.56 Å². The first kappa shape index (κ1) is 10.8. The van der Waals surface area contributed by atoms with Crippen LogP contribution in [0, 0.1) is 0 Å². The van der Waals surface area contributed by atoms with Crippen LogP contribution in [0.3, 0.4) is 0 Å². The highest BCUT2D eigenvalue weighted by Gasteiger charge is 2.28. The van der Waals surface area contributed by atoms with E-state index in [1.165, 1.54) is 5.56 Å². The van der Waals surface area contributed by atoms with Gasteiger partial charge in [0.05, 0.1) is 11.1 Å². The van der Waals surface area contributed by atoms with Gasteiger partial charge in [-0.15, -0.1) is 0 Å². The van der Waals surface area contributed by atoms with Crippen molar-refractivity contribution in [1.29, 1.82) is 0 Å². The molecule has 82 valence electrons. The Labute approximate surface area is 96.4 Å². The van der Waals surface area contributed by atoms with Crippen LogP contribution in [-0.4, -0.2) is 6.10 Å². The van der Waals surface area contributed by atoms with Crippen LogP contribution in [0.4, 0.5) is 0 Å². The van der Waals surface area contributed by atoms with E-state index in [0.717, 1.165) is 23.6 Å². The number of rotatable bonds is 2. The molecule has 1 saturated carbocycles. The monoisotopic (exact) mass is 224 g/mol. The smallest absolute Gasteiger partial charge is 0.142 e. The molecule has 0 atom stereocenters. The molecule has 2 rings (SSSR count). The zero-order valence-corrected chi connectivity index (χ0v) is 10.3. The third-order valence-electron chi connectivity index (χ3n) is 2.58. The van der Waals surface area contributed by atoms with Gasteiger partial charge in [0.15, 0.2) is 0 Å². The molecule has 1 fully saturated rings. The van der Waals surface area contributed by atoms with Crippen LogP contribution in [0.15, 0.2) is 18.2 Å². The Bertz CT molecular complexity index is 361. The summed E-state index contributed by atoms with van der Waals surface area (Å²) in [5.41, 5.74) is 1.27. The van der Waals surface area contributed by atoms with E-state index in [4.69, 9.17) is 16.3 Å². The minimum absolute atomic E-state index is 0.0785. The summed E-state index contributed by atoms with van der Waals surface area (Å²) in [7, 11) is 0. The van der Waals surface area contributed by atoms with Crippen molar-refractivity contribution in [2.75, 3.05) is 0 Å². The Morgan fingerprint density at radius 3 is 2.47 bits per heavy atom. The second-order valence-electron chi connectivity index (χ2n) is 5.18. The van der Waals surface area contributed by atoms with Crippen molar-refractivity contribution < 1.29 is 4.74 Å². The maximum Gasteiger partial charge on any atom is 0.142 e. The van der Waals surface area contributed by atoms with Gasteiger partial charge in [-0.2, -0.15) is 0 Å². The molecule has 2 heteroatoms. The molecule has 15 heavy (non-hydrogen) atoms. The number of benzene rings is 1. The van der Waals surface area contributed by atoms with Crippen molar-refractivity contribution in [3.63, 3.8) is 0 Å². The third-order valence-corrected chi connectivity index (χ3v) is 2.88. The number of hydrogen-bond acceptors (Lipinski definition) is 1. The summed E-state index contributed by atoms with van der Waals surface area (Å²) in [4.78, 5) is 0. The van der Waals surface area contributed by atoms with Crippen LogP contribution in [0.2, 0.25) is 5.02 Å². The highest BCUT2D eigenvalue weighted by molar-refractivity contribution is 6.32. The van der Waals surface area contributed by atoms with Crippen LogP contribution >= 0.6 is 11.6 Å². The molecular formula is C13H17ClO. The summed E-state index contributed by atoms with van der Waals surface area (Å²) >= 11 is 6.18. The van der Waals surface area contributed by atoms with Crippen molar-refractivity contribution in [2.45, 2.75) is 45.1 Å². The van der Waals surface area contributed by atoms with E-state index in [2.05, 4.69) is 26.8 Å². The number of para-hydroxylation sites is 1. The van der Waals surface area contributed by atoms with E-state index in [1.54, 1.807) is 0 Å². The average molecular weight is 225 g/mol. The zero-order valence-electron chi connectivity index (χ0n) is 9.51.